The lowest BCUT2D eigenvalue weighted by molar-refractivity contribution is -0.130. The van der Waals surface area contributed by atoms with Crippen LogP contribution >= 0.6 is 0 Å². The summed E-state index contributed by atoms with van der Waals surface area (Å²) < 4.78 is 15.6. The number of nitrogens with zero attached hydrogens (tertiary/aromatic N) is 3. The number of carbonyl (C=O) groups excluding carboxylic acids is 2. The Bertz CT molecular complexity index is 875. The van der Waals surface area contributed by atoms with Gasteiger partial charge in [-0.1, -0.05) is 25.0 Å². The van der Waals surface area contributed by atoms with E-state index >= 15 is 0 Å². The number of benzene rings is 1. The summed E-state index contributed by atoms with van der Waals surface area (Å²) in [7, 11) is 1.84. The third-order valence-electron chi connectivity index (χ3n) is 5.88. The molecule has 7 heteroatoms. The minimum atomic E-state index is -0.571. The number of rotatable bonds is 5. The SMILES string of the molecule is Cn1ccnc1[C@H](NC(=O)[C@@H]1CC(=O)N(C2CCCC2)C1)c1cccc(F)c1. The molecule has 0 radical (unpaired) electrons. The molecule has 0 unspecified atom stereocenters. The first-order chi connectivity index (χ1) is 13.5. The molecule has 2 heterocycles. The van der Waals surface area contributed by atoms with Gasteiger partial charge in [0, 0.05) is 38.4 Å². The zero-order chi connectivity index (χ0) is 19.7. The van der Waals surface area contributed by atoms with Crippen molar-refractivity contribution in [1.82, 2.24) is 19.8 Å². The molecule has 1 aliphatic carbocycles. The van der Waals surface area contributed by atoms with Crippen molar-refractivity contribution in [1.29, 1.82) is 0 Å². The molecule has 1 saturated heterocycles. The van der Waals surface area contributed by atoms with Crippen molar-refractivity contribution < 1.29 is 14.0 Å². The minimum absolute atomic E-state index is 0.0614. The van der Waals surface area contributed by atoms with E-state index in [1.54, 1.807) is 29.1 Å². The summed E-state index contributed by atoms with van der Waals surface area (Å²) >= 11 is 0. The number of hydrogen-bond acceptors (Lipinski definition) is 3. The zero-order valence-corrected chi connectivity index (χ0v) is 16.0. The van der Waals surface area contributed by atoms with Crippen LogP contribution in [0.15, 0.2) is 36.7 Å². The number of amides is 2. The standard InChI is InChI=1S/C21H25FN4O2/c1-25-10-9-23-20(25)19(14-5-4-6-16(22)11-14)24-21(28)15-12-18(27)26(13-15)17-7-2-3-8-17/h4-6,9-11,15,17,19H,2-3,7-8,12-13H2,1H3,(H,24,28)/t15-,19-/m1/s1. The van der Waals surface area contributed by atoms with Crippen LogP contribution in [0.25, 0.3) is 0 Å². The lowest BCUT2D eigenvalue weighted by Crippen LogP contribution is -2.38. The van der Waals surface area contributed by atoms with Gasteiger partial charge in [-0.3, -0.25) is 9.59 Å². The van der Waals surface area contributed by atoms with Gasteiger partial charge in [-0.2, -0.15) is 0 Å². The molecule has 2 fully saturated rings. The Morgan fingerprint density at radius 2 is 2.11 bits per heavy atom. The van der Waals surface area contributed by atoms with Crippen molar-refractivity contribution in [3.8, 4) is 0 Å². The molecule has 2 aliphatic rings. The molecule has 1 aromatic heterocycles. The second kappa shape index (κ2) is 7.73. The van der Waals surface area contributed by atoms with E-state index in [0.29, 0.717) is 17.9 Å². The first kappa shape index (κ1) is 18.7. The average Bonchev–Trinajstić information content (AvgIpc) is 3.40. The summed E-state index contributed by atoms with van der Waals surface area (Å²) in [5.74, 6) is -0.257. The third kappa shape index (κ3) is 3.66. The highest BCUT2D eigenvalue weighted by atomic mass is 19.1. The van der Waals surface area contributed by atoms with E-state index < -0.39 is 6.04 Å². The molecule has 2 aromatic rings. The van der Waals surface area contributed by atoms with E-state index in [4.69, 9.17) is 0 Å². The second-order valence-corrected chi connectivity index (χ2v) is 7.78. The monoisotopic (exact) mass is 384 g/mol. The quantitative estimate of drug-likeness (QED) is 0.862. The molecule has 148 valence electrons. The number of imidazole rings is 1. The number of hydrogen-bond donors (Lipinski definition) is 1. The van der Waals surface area contributed by atoms with Gasteiger partial charge in [-0.05, 0) is 30.5 Å². The summed E-state index contributed by atoms with van der Waals surface area (Å²) in [6.07, 6.45) is 8.01. The Kier molecular flexibility index (Phi) is 5.15. The van der Waals surface area contributed by atoms with Crippen LogP contribution in [0, 0.1) is 11.7 Å². The van der Waals surface area contributed by atoms with Crippen LogP contribution in [-0.2, 0) is 16.6 Å². The molecule has 6 nitrogen and oxygen atoms in total. The fourth-order valence-electron chi connectivity index (χ4n) is 4.37. The van der Waals surface area contributed by atoms with Crippen LogP contribution in [0.2, 0.25) is 0 Å². The maximum Gasteiger partial charge on any atom is 0.226 e. The van der Waals surface area contributed by atoms with Gasteiger partial charge in [-0.15, -0.1) is 0 Å². The molecule has 1 aliphatic heterocycles. The van der Waals surface area contributed by atoms with Gasteiger partial charge in [0.1, 0.15) is 17.7 Å². The van der Waals surface area contributed by atoms with E-state index in [0.717, 1.165) is 25.7 Å². The second-order valence-electron chi connectivity index (χ2n) is 7.78. The lowest BCUT2D eigenvalue weighted by Gasteiger charge is -2.24. The van der Waals surface area contributed by atoms with Crippen molar-refractivity contribution in [2.45, 2.75) is 44.2 Å². The Balaban J connectivity index is 1.53. The lowest BCUT2D eigenvalue weighted by atomic mass is 10.0. The Labute approximate surface area is 163 Å². The summed E-state index contributed by atoms with van der Waals surface area (Å²) in [4.78, 5) is 31.7. The van der Waals surface area contributed by atoms with Gasteiger partial charge in [0.15, 0.2) is 0 Å². The normalized spacial score (nSPS) is 21.3. The number of carbonyl (C=O) groups is 2. The number of nitrogens with one attached hydrogen (secondary N) is 1. The van der Waals surface area contributed by atoms with E-state index in [1.807, 2.05) is 11.9 Å². The number of aromatic nitrogens is 2. The molecular weight excluding hydrogens is 359 g/mol. The van der Waals surface area contributed by atoms with Gasteiger partial charge >= 0.3 is 0 Å². The van der Waals surface area contributed by atoms with E-state index in [2.05, 4.69) is 10.3 Å². The van der Waals surface area contributed by atoms with Crippen LogP contribution in [0.5, 0.6) is 0 Å². The average molecular weight is 384 g/mol. The molecular formula is C21H25FN4O2. The molecule has 2 amide bonds. The summed E-state index contributed by atoms with van der Waals surface area (Å²) in [6.45, 7) is 0.464. The molecule has 1 N–H and O–H groups in total. The van der Waals surface area contributed by atoms with Crippen molar-refractivity contribution in [3.05, 3.63) is 53.9 Å². The maximum absolute atomic E-state index is 13.8. The van der Waals surface area contributed by atoms with E-state index in [1.165, 1.54) is 12.1 Å². The highest BCUT2D eigenvalue weighted by Crippen LogP contribution is 2.30. The van der Waals surface area contributed by atoms with Gasteiger partial charge in [0.2, 0.25) is 11.8 Å². The van der Waals surface area contributed by atoms with Gasteiger partial charge in [0.05, 0.1) is 5.92 Å². The summed E-state index contributed by atoms with van der Waals surface area (Å²) in [5, 5.41) is 3.01. The largest absolute Gasteiger partial charge is 0.342 e. The van der Waals surface area contributed by atoms with Gasteiger partial charge < -0.3 is 14.8 Å². The topological polar surface area (TPSA) is 67.2 Å². The third-order valence-corrected chi connectivity index (χ3v) is 5.88. The highest BCUT2D eigenvalue weighted by Gasteiger charge is 2.39. The first-order valence-corrected chi connectivity index (χ1v) is 9.85. The minimum Gasteiger partial charge on any atom is -0.342 e. The van der Waals surface area contributed by atoms with Crippen LogP contribution < -0.4 is 5.32 Å². The fraction of sp³-hybridized carbons (Fsp3) is 0.476. The van der Waals surface area contributed by atoms with Crippen LogP contribution in [0.3, 0.4) is 0 Å². The van der Waals surface area contributed by atoms with Crippen molar-refractivity contribution in [2.24, 2.45) is 13.0 Å². The molecule has 0 spiro atoms. The highest BCUT2D eigenvalue weighted by molar-refractivity contribution is 5.89. The molecule has 2 atom stereocenters. The molecule has 1 aromatic carbocycles. The van der Waals surface area contributed by atoms with Crippen LogP contribution in [0.4, 0.5) is 4.39 Å². The molecule has 28 heavy (non-hydrogen) atoms. The van der Waals surface area contributed by atoms with E-state index in [-0.39, 0.29) is 36.0 Å². The smallest absolute Gasteiger partial charge is 0.226 e. The number of aryl methyl sites for hydroxylation is 1. The fourth-order valence-corrected chi connectivity index (χ4v) is 4.37. The van der Waals surface area contributed by atoms with E-state index in [9.17, 15) is 14.0 Å². The Morgan fingerprint density at radius 1 is 1.32 bits per heavy atom. The Morgan fingerprint density at radius 3 is 2.79 bits per heavy atom. The first-order valence-electron chi connectivity index (χ1n) is 9.85. The number of likely N-dealkylation sites (tertiary alicyclic amines) is 1. The van der Waals surface area contributed by atoms with Gasteiger partial charge in [0.25, 0.3) is 0 Å². The van der Waals surface area contributed by atoms with Crippen molar-refractivity contribution >= 4 is 11.8 Å². The van der Waals surface area contributed by atoms with Crippen molar-refractivity contribution in [3.63, 3.8) is 0 Å². The molecule has 0 bridgehead atoms. The zero-order valence-electron chi connectivity index (χ0n) is 16.0. The molecule has 4 rings (SSSR count). The van der Waals surface area contributed by atoms with Crippen LogP contribution in [0.1, 0.15) is 49.5 Å². The van der Waals surface area contributed by atoms with Crippen LogP contribution in [-0.4, -0.2) is 38.9 Å². The van der Waals surface area contributed by atoms with Crippen molar-refractivity contribution in [2.75, 3.05) is 6.54 Å². The predicted molar refractivity (Wildman–Crippen MR) is 102 cm³/mol. The Hall–Kier alpha value is -2.70. The summed E-state index contributed by atoms with van der Waals surface area (Å²) in [6, 6.07) is 5.87. The summed E-state index contributed by atoms with van der Waals surface area (Å²) in [5.41, 5.74) is 0.625. The van der Waals surface area contributed by atoms with Gasteiger partial charge in [-0.25, -0.2) is 9.37 Å². The molecule has 1 saturated carbocycles. The number of halogens is 1. The predicted octanol–water partition coefficient (Wildman–Crippen LogP) is 2.56. The maximum atomic E-state index is 13.8.